The molecule has 0 aromatic carbocycles. The van der Waals surface area contributed by atoms with E-state index in [0.29, 0.717) is 13.1 Å². The van der Waals surface area contributed by atoms with Gasteiger partial charge in [-0.1, -0.05) is 0 Å². The molecule has 0 fully saturated rings. The van der Waals surface area contributed by atoms with Gasteiger partial charge in [-0.15, -0.1) is 0 Å². The number of aromatic nitrogens is 2. The molecule has 16 heavy (non-hydrogen) atoms. The van der Waals surface area contributed by atoms with E-state index < -0.39 is 9.84 Å². The van der Waals surface area contributed by atoms with E-state index in [4.69, 9.17) is 0 Å². The smallest absolute Gasteiger partial charge is 0.148 e. The van der Waals surface area contributed by atoms with Crippen LogP contribution in [-0.2, 0) is 22.9 Å². The average molecular weight is 245 g/mol. The lowest BCUT2D eigenvalue weighted by Gasteiger charge is -2.05. The van der Waals surface area contributed by atoms with Crippen LogP contribution in [-0.4, -0.2) is 36.8 Å². The second kappa shape index (κ2) is 5.45. The van der Waals surface area contributed by atoms with Crippen molar-refractivity contribution >= 4 is 9.84 Å². The van der Waals surface area contributed by atoms with Crippen molar-refractivity contribution in [2.24, 2.45) is 0 Å². The quantitative estimate of drug-likeness (QED) is 0.734. The second-order valence-corrected chi connectivity index (χ2v) is 6.16. The Labute approximate surface area is 96.8 Å². The minimum atomic E-state index is -2.87. The molecule has 5 nitrogen and oxygen atoms in total. The number of rotatable bonds is 6. The molecule has 0 bridgehead atoms. The Morgan fingerprint density at radius 2 is 2.19 bits per heavy atom. The maximum atomic E-state index is 10.9. The fourth-order valence-electron chi connectivity index (χ4n) is 1.49. The number of aryl methyl sites for hydroxylation is 2. The third-order valence-corrected chi connectivity index (χ3v) is 3.19. The van der Waals surface area contributed by atoms with Crippen molar-refractivity contribution in [1.29, 1.82) is 0 Å². The standard InChI is InChI=1S/C10H19N3O2S/c1-4-13-10(7-9(2)12-13)8-11-5-6-16(3,14)15/h7,11H,4-6,8H2,1-3H3. The van der Waals surface area contributed by atoms with Crippen molar-refractivity contribution in [2.45, 2.75) is 26.9 Å². The van der Waals surface area contributed by atoms with Crippen LogP contribution in [0.25, 0.3) is 0 Å². The highest BCUT2D eigenvalue weighted by Crippen LogP contribution is 2.02. The molecular formula is C10H19N3O2S. The number of nitrogens with zero attached hydrogens (tertiary/aromatic N) is 2. The van der Waals surface area contributed by atoms with Crippen molar-refractivity contribution in [1.82, 2.24) is 15.1 Å². The maximum absolute atomic E-state index is 10.9. The van der Waals surface area contributed by atoms with E-state index in [0.717, 1.165) is 17.9 Å². The first-order valence-corrected chi connectivity index (χ1v) is 7.40. The third-order valence-electron chi connectivity index (χ3n) is 2.24. The summed E-state index contributed by atoms with van der Waals surface area (Å²) in [6.07, 6.45) is 1.25. The molecule has 1 aromatic heterocycles. The minimum Gasteiger partial charge on any atom is -0.310 e. The molecule has 0 aliphatic carbocycles. The van der Waals surface area contributed by atoms with Gasteiger partial charge in [0.05, 0.1) is 17.1 Å². The van der Waals surface area contributed by atoms with Gasteiger partial charge >= 0.3 is 0 Å². The first-order chi connectivity index (χ1) is 7.42. The van der Waals surface area contributed by atoms with Gasteiger partial charge in [0, 0.05) is 25.9 Å². The predicted octanol–water partition coefficient (Wildman–Crippen LogP) is 0.346. The van der Waals surface area contributed by atoms with Crippen LogP contribution in [0.15, 0.2) is 6.07 Å². The highest BCUT2D eigenvalue weighted by Gasteiger charge is 2.04. The van der Waals surface area contributed by atoms with Crippen molar-refractivity contribution in [3.8, 4) is 0 Å². The molecule has 92 valence electrons. The van der Waals surface area contributed by atoms with Crippen molar-refractivity contribution in [3.05, 3.63) is 17.5 Å². The van der Waals surface area contributed by atoms with Crippen molar-refractivity contribution in [2.75, 3.05) is 18.6 Å². The molecule has 6 heteroatoms. The largest absolute Gasteiger partial charge is 0.310 e. The summed E-state index contributed by atoms with van der Waals surface area (Å²) in [4.78, 5) is 0. The lowest BCUT2D eigenvalue weighted by Crippen LogP contribution is -2.23. The van der Waals surface area contributed by atoms with Crippen LogP contribution in [0.1, 0.15) is 18.3 Å². The lowest BCUT2D eigenvalue weighted by atomic mass is 10.3. The highest BCUT2D eigenvalue weighted by atomic mass is 32.2. The third kappa shape index (κ3) is 4.32. The normalized spacial score (nSPS) is 11.9. The van der Waals surface area contributed by atoms with Crippen LogP contribution in [0.5, 0.6) is 0 Å². The molecule has 1 rings (SSSR count). The predicted molar refractivity (Wildman–Crippen MR) is 64.1 cm³/mol. The maximum Gasteiger partial charge on any atom is 0.148 e. The molecule has 0 aliphatic rings. The average Bonchev–Trinajstić information content (AvgIpc) is 2.52. The summed E-state index contributed by atoms with van der Waals surface area (Å²) in [5, 5.41) is 7.42. The van der Waals surface area contributed by atoms with Gasteiger partial charge in [-0.25, -0.2) is 8.42 Å². The summed E-state index contributed by atoms with van der Waals surface area (Å²) in [6, 6.07) is 2.01. The van der Waals surface area contributed by atoms with E-state index >= 15 is 0 Å². The van der Waals surface area contributed by atoms with Crippen LogP contribution in [0, 0.1) is 6.92 Å². The van der Waals surface area contributed by atoms with Gasteiger partial charge in [-0.05, 0) is 19.9 Å². The molecule has 1 heterocycles. The molecule has 0 unspecified atom stereocenters. The molecule has 0 radical (unpaired) electrons. The van der Waals surface area contributed by atoms with Crippen LogP contribution in [0.2, 0.25) is 0 Å². The summed E-state index contributed by atoms with van der Waals surface area (Å²) in [5.74, 6) is 0.173. The van der Waals surface area contributed by atoms with Crippen molar-refractivity contribution < 1.29 is 8.42 Å². The van der Waals surface area contributed by atoms with E-state index in [9.17, 15) is 8.42 Å². The SMILES string of the molecule is CCn1nc(C)cc1CNCCS(C)(=O)=O. The summed E-state index contributed by atoms with van der Waals surface area (Å²) < 4.78 is 23.7. The Hall–Kier alpha value is -0.880. The minimum absolute atomic E-state index is 0.173. The molecule has 1 aromatic rings. The number of hydrogen-bond donors (Lipinski definition) is 1. The van der Waals surface area contributed by atoms with E-state index in [1.54, 1.807) is 0 Å². The van der Waals surface area contributed by atoms with Gasteiger partial charge in [0.1, 0.15) is 9.84 Å². The zero-order valence-electron chi connectivity index (χ0n) is 10.0. The molecule has 0 amide bonds. The van der Waals surface area contributed by atoms with Crippen molar-refractivity contribution in [3.63, 3.8) is 0 Å². The van der Waals surface area contributed by atoms with E-state index in [1.807, 2.05) is 24.6 Å². The first-order valence-electron chi connectivity index (χ1n) is 5.34. The van der Waals surface area contributed by atoms with Crippen LogP contribution in [0.3, 0.4) is 0 Å². The zero-order valence-corrected chi connectivity index (χ0v) is 10.8. The number of hydrogen-bond acceptors (Lipinski definition) is 4. The van der Waals surface area contributed by atoms with Crippen LogP contribution in [0.4, 0.5) is 0 Å². The summed E-state index contributed by atoms with van der Waals surface area (Å²) in [7, 11) is -2.87. The Kier molecular flexibility index (Phi) is 4.49. The number of nitrogens with one attached hydrogen (secondary N) is 1. The van der Waals surface area contributed by atoms with E-state index in [1.165, 1.54) is 6.26 Å². The second-order valence-electron chi connectivity index (χ2n) is 3.90. The van der Waals surface area contributed by atoms with Crippen LogP contribution < -0.4 is 5.32 Å². The van der Waals surface area contributed by atoms with Gasteiger partial charge in [0.25, 0.3) is 0 Å². The monoisotopic (exact) mass is 245 g/mol. The zero-order chi connectivity index (χ0) is 12.2. The summed E-state index contributed by atoms with van der Waals surface area (Å²) >= 11 is 0. The molecule has 0 saturated carbocycles. The molecule has 0 atom stereocenters. The number of sulfone groups is 1. The summed E-state index contributed by atoms with van der Waals surface area (Å²) in [6.45, 7) is 5.95. The van der Waals surface area contributed by atoms with Gasteiger partial charge < -0.3 is 5.32 Å². The van der Waals surface area contributed by atoms with Crippen LogP contribution >= 0.6 is 0 Å². The molecule has 0 spiro atoms. The first kappa shape index (κ1) is 13.2. The Bertz CT molecular complexity index is 437. The van der Waals surface area contributed by atoms with E-state index in [-0.39, 0.29) is 5.75 Å². The topological polar surface area (TPSA) is 64.0 Å². The van der Waals surface area contributed by atoms with Gasteiger partial charge in [-0.2, -0.15) is 5.10 Å². The Balaban J connectivity index is 2.42. The molecule has 0 saturated heterocycles. The summed E-state index contributed by atoms with van der Waals surface area (Å²) in [5.41, 5.74) is 2.08. The lowest BCUT2D eigenvalue weighted by molar-refractivity contribution is 0.578. The Morgan fingerprint density at radius 3 is 2.75 bits per heavy atom. The molecule has 1 N–H and O–H groups in total. The van der Waals surface area contributed by atoms with Gasteiger partial charge in [-0.3, -0.25) is 4.68 Å². The van der Waals surface area contributed by atoms with Gasteiger partial charge in [0.15, 0.2) is 0 Å². The highest BCUT2D eigenvalue weighted by molar-refractivity contribution is 7.90. The molecule has 0 aliphatic heterocycles. The fourth-order valence-corrected chi connectivity index (χ4v) is 2.00. The Morgan fingerprint density at radius 1 is 1.50 bits per heavy atom. The van der Waals surface area contributed by atoms with E-state index in [2.05, 4.69) is 10.4 Å². The molecular weight excluding hydrogens is 226 g/mol. The van der Waals surface area contributed by atoms with Gasteiger partial charge in [0.2, 0.25) is 0 Å². The fraction of sp³-hybridized carbons (Fsp3) is 0.700.